The Morgan fingerprint density at radius 1 is 0.952 bits per heavy atom. The van der Waals surface area contributed by atoms with Crippen LogP contribution in [0.15, 0.2) is 60.7 Å². The Kier molecular flexibility index (Phi) is 4.17. The predicted octanol–water partition coefficient (Wildman–Crippen LogP) is 2.40. The fourth-order valence-corrected chi connectivity index (χ4v) is 2.38. The highest BCUT2D eigenvalue weighted by atomic mass is 16.5. The minimum atomic E-state index is -0.439. The number of esters is 1. The molecule has 2 aromatic carbocycles. The first kappa shape index (κ1) is 13.6. The van der Waals surface area contributed by atoms with Crippen molar-refractivity contribution in [3.63, 3.8) is 0 Å². The Labute approximate surface area is 123 Å². The van der Waals surface area contributed by atoms with Gasteiger partial charge in [0.2, 0.25) is 0 Å². The minimum Gasteiger partial charge on any atom is -0.488 e. The summed E-state index contributed by atoms with van der Waals surface area (Å²) in [4.78, 5) is 12.3. The molecule has 1 fully saturated rings. The zero-order chi connectivity index (χ0) is 14.5. The molecule has 3 rings (SSSR count). The fraction of sp³-hybridized carbons (Fsp3) is 0.235. The highest BCUT2D eigenvalue weighted by Crippen LogP contribution is 2.19. The van der Waals surface area contributed by atoms with Gasteiger partial charge < -0.3 is 14.8 Å². The molecule has 0 radical (unpaired) electrons. The second-order valence-electron chi connectivity index (χ2n) is 4.92. The monoisotopic (exact) mass is 283 g/mol. The van der Waals surface area contributed by atoms with Crippen molar-refractivity contribution in [2.75, 3.05) is 6.54 Å². The minimum absolute atomic E-state index is 0.205. The molecule has 21 heavy (non-hydrogen) atoms. The first-order valence-electron chi connectivity index (χ1n) is 7.05. The van der Waals surface area contributed by atoms with Gasteiger partial charge >= 0.3 is 5.97 Å². The van der Waals surface area contributed by atoms with Crippen LogP contribution in [0.4, 0.5) is 0 Å². The highest BCUT2D eigenvalue weighted by Gasteiger charge is 2.36. The zero-order valence-electron chi connectivity index (χ0n) is 11.6. The largest absolute Gasteiger partial charge is 0.488 e. The van der Waals surface area contributed by atoms with E-state index in [2.05, 4.69) is 5.32 Å². The van der Waals surface area contributed by atoms with Crippen LogP contribution in [0.25, 0.3) is 0 Å². The third-order valence-corrected chi connectivity index (χ3v) is 3.41. The van der Waals surface area contributed by atoms with Gasteiger partial charge in [-0.05, 0) is 37.2 Å². The van der Waals surface area contributed by atoms with E-state index in [1.165, 1.54) is 0 Å². The molecular formula is C17H17NO3. The Morgan fingerprint density at radius 2 is 1.57 bits per heavy atom. The summed E-state index contributed by atoms with van der Waals surface area (Å²) in [6.07, 6.45) is 0.576. The van der Waals surface area contributed by atoms with Gasteiger partial charge in [-0.1, -0.05) is 36.4 Å². The molecule has 1 unspecified atom stereocenters. The summed E-state index contributed by atoms with van der Waals surface area (Å²) in [7, 11) is 0. The van der Waals surface area contributed by atoms with Crippen molar-refractivity contribution in [2.24, 2.45) is 0 Å². The van der Waals surface area contributed by atoms with Crippen LogP contribution in [0.5, 0.6) is 11.5 Å². The predicted molar refractivity (Wildman–Crippen MR) is 79.3 cm³/mol. The Bertz CT molecular complexity index is 585. The second-order valence-corrected chi connectivity index (χ2v) is 4.92. The zero-order valence-corrected chi connectivity index (χ0v) is 11.6. The fourth-order valence-electron chi connectivity index (χ4n) is 2.38. The average Bonchev–Trinajstić information content (AvgIpc) is 2.97. The van der Waals surface area contributed by atoms with Gasteiger partial charge in [0, 0.05) is 0 Å². The van der Waals surface area contributed by atoms with E-state index in [0.717, 1.165) is 18.7 Å². The van der Waals surface area contributed by atoms with E-state index in [1.807, 2.05) is 48.5 Å². The molecule has 1 N–H and O–H groups in total. The summed E-state index contributed by atoms with van der Waals surface area (Å²) in [5, 5.41) is 3.15. The maximum atomic E-state index is 12.3. The quantitative estimate of drug-likeness (QED) is 0.691. The van der Waals surface area contributed by atoms with Crippen LogP contribution in [0.3, 0.4) is 0 Å². The SMILES string of the molecule is O=C(Oc1ccccc1)[C@H]1NCCC1Oc1ccccc1. The molecule has 0 saturated carbocycles. The van der Waals surface area contributed by atoms with Crippen LogP contribution in [0.1, 0.15) is 6.42 Å². The van der Waals surface area contributed by atoms with Crippen molar-refractivity contribution < 1.29 is 14.3 Å². The molecule has 0 bridgehead atoms. The third-order valence-electron chi connectivity index (χ3n) is 3.41. The van der Waals surface area contributed by atoms with Gasteiger partial charge in [0.1, 0.15) is 23.6 Å². The number of carbonyl (C=O) groups excluding carboxylic acids is 1. The number of ether oxygens (including phenoxy) is 2. The molecule has 2 atom stereocenters. The number of nitrogens with one attached hydrogen (secondary N) is 1. The number of benzene rings is 2. The van der Waals surface area contributed by atoms with Gasteiger partial charge in [-0.2, -0.15) is 0 Å². The average molecular weight is 283 g/mol. The molecule has 1 aliphatic heterocycles. The van der Waals surface area contributed by atoms with Crippen molar-refractivity contribution in [3.8, 4) is 11.5 Å². The van der Waals surface area contributed by atoms with E-state index < -0.39 is 6.04 Å². The van der Waals surface area contributed by atoms with Gasteiger partial charge in [0.25, 0.3) is 0 Å². The smallest absolute Gasteiger partial charge is 0.332 e. The molecule has 0 amide bonds. The number of hydrogen-bond donors (Lipinski definition) is 1. The van der Waals surface area contributed by atoms with E-state index >= 15 is 0 Å². The molecule has 0 spiro atoms. The van der Waals surface area contributed by atoms with Crippen LogP contribution in [0.2, 0.25) is 0 Å². The van der Waals surface area contributed by atoms with Crippen LogP contribution in [0, 0.1) is 0 Å². The number of carbonyl (C=O) groups is 1. The molecular weight excluding hydrogens is 266 g/mol. The van der Waals surface area contributed by atoms with Crippen molar-refractivity contribution in [2.45, 2.75) is 18.6 Å². The summed E-state index contributed by atoms with van der Waals surface area (Å²) >= 11 is 0. The van der Waals surface area contributed by atoms with Gasteiger partial charge in [0.15, 0.2) is 0 Å². The van der Waals surface area contributed by atoms with Crippen LogP contribution >= 0.6 is 0 Å². The molecule has 0 aliphatic carbocycles. The van der Waals surface area contributed by atoms with E-state index in [0.29, 0.717) is 5.75 Å². The van der Waals surface area contributed by atoms with E-state index in [9.17, 15) is 4.79 Å². The molecule has 4 heteroatoms. The normalized spacial score (nSPS) is 21.0. The van der Waals surface area contributed by atoms with Gasteiger partial charge in [-0.3, -0.25) is 0 Å². The lowest BCUT2D eigenvalue weighted by Gasteiger charge is -2.19. The van der Waals surface area contributed by atoms with Gasteiger partial charge in [0.05, 0.1) is 0 Å². The van der Waals surface area contributed by atoms with Gasteiger partial charge in [-0.25, -0.2) is 4.79 Å². The van der Waals surface area contributed by atoms with Crippen molar-refractivity contribution >= 4 is 5.97 Å². The third kappa shape index (κ3) is 3.41. The summed E-state index contributed by atoms with van der Waals surface area (Å²) < 4.78 is 11.3. The molecule has 108 valence electrons. The maximum absolute atomic E-state index is 12.3. The van der Waals surface area contributed by atoms with Crippen LogP contribution in [-0.4, -0.2) is 24.7 Å². The standard InChI is InChI=1S/C17H17NO3/c19-17(21-14-9-5-2-6-10-14)16-15(11-12-18-16)20-13-7-3-1-4-8-13/h1-10,15-16,18H,11-12H2/t15?,16-/m0/s1. The van der Waals surface area contributed by atoms with Crippen molar-refractivity contribution in [1.29, 1.82) is 0 Å². The van der Waals surface area contributed by atoms with Crippen LogP contribution < -0.4 is 14.8 Å². The van der Waals surface area contributed by atoms with E-state index in [4.69, 9.17) is 9.47 Å². The lowest BCUT2D eigenvalue weighted by molar-refractivity contribution is -0.138. The number of hydrogen-bond acceptors (Lipinski definition) is 4. The molecule has 0 aromatic heterocycles. The summed E-state index contributed by atoms with van der Waals surface area (Å²) in [5.74, 6) is 1.01. The van der Waals surface area contributed by atoms with E-state index in [1.54, 1.807) is 12.1 Å². The summed E-state index contributed by atoms with van der Waals surface area (Å²) in [5.41, 5.74) is 0. The lowest BCUT2D eigenvalue weighted by atomic mass is 10.1. The van der Waals surface area contributed by atoms with Crippen molar-refractivity contribution in [1.82, 2.24) is 5.32 Å². The second kappa shape index (κ2) is 6.41. The molecule has 4 nitrogen and oxygen atoms in total. The highest BCUT2D eigenvalue weighted by molar-refractivity contribution is 5.79. The Balaban J connectivity index is 1.65. The first-order valence-corrected chi connectivity index (χ1v) is 7.05. The Hall–Kier alpha value is -2.33. The summed E-state index contributed by atoms with van der Waals surface area (Å²) in [6, 6.07) is 18.2. The topological polar surface area (TPSA) is 47.6 Å². The number of rotatable bonds is 4. The Morgan fingerprint density at radius 3 is 2.24 bits per heavy atom. The molecule has 1 heterocycles. The lowest BCUT2D eigenvalue weighted by Crippen LogP contribution is -2.43. The van der Waals surface area contributed by atoms with Crippen LogP contribution in [-0.2, 0) is 4.79 Å². The molecule has 1 saturated heterocycles. The van der Waals surface area contributed by atoms with E-state index in [-0.39, 0.29) is 12.1 Å². The van der Waals surface area contributed by atoms with Crippen molar-refractivity contribution in [3.05, 3.63) is 60.7 Å². The number of para-hydroxylation sites is 2. The van der Waals surface area contributed by atoms with Gasteiger partial charge in [-0.15, -0.1) is 0 Å². The molecule has 2 aromatic rings. The first-order chi connectivity index (χ1) is 10.3. The summed E-state index contributed by atoms with van der Waals surface area (Å²) in [6.45, 7) is 0.742. The molecule has 1 aliphatic rings. The maximum Gasteiger partial charge on any atom is 0.332 e.